The van der Waals surface area contributed by atoms with Crippen LogP contribution in [0.2, 0.25) is 5.02 Å². The van der Waals surface area contributed by atoms with Crippen LogP contribution >= 0.6 is 11.6 Å². The van der Waals surface area contributed by atoms with Crippen LogP contribution < -0.4 is 0 Å². The molecule has 0 aliphatic rings. The van der Waals surface area contributed by atoms with E-state index in [2.05, 4.69) is 10.2 Å². The highest BCUT2D eigenvalue weighted by Gasteiger charge is 2.17. The molecule has 1 N–H and O–H groups in total. The summed E-state index contributed by atoms with van der Waals surface area (Å²) in [5.41, 5.74) is -0.0347. The molecule has 0 fully saturated rings. The van der Waals surface area contributed by atoms with Gasteiger partial charge in [-0.2, -0.15) is 0 Å². The molecule has 1 aromatic carbocycles. The first kappa shape index (κ1) is 10.6. The number of hydrogen-bond acceptors (Lipinski definition) is 4. The third-order valence-electron chi connectivity index (χ3n) is 1.79. The van der Waals surface area contributed by atoms with E-state index >= 15 is 0 Å². The number of carboxylic acid groups (broad SMARTS) is 1. The summed E-state index contributed by atoms with van der Waals surface area (Å²) in [4.78, 5) is 10.5. The maximum absolute atomic E-state index is 13.5. The average Bonchev–Trinajstić information content (AvgIpc) is 2.71. The maximum Gasteiger partial charge on any atom is 0.393 e. The van der Waals surface area contributed by atoms with Crippen molar-refractivity contribution in [3.05, 3.63) is 34.9 Å². The first-order valence-electron chi connectivity index (χ1n) is 4.11. The van der Waals surface area contributed by atoms with Crippen LogP contribution in [0.3, 0.4) is 0 Å². The lowest BCUT2D eigenvalue weighted by molar-refractivity contribution is 0.0654. The second-order valence-electron chi connectivity index (χ2n) is 2.82. The largest absolute Gasteiger partial charge is 0.474 e. The van der Waals surface area contributed by atoms with Crippen LogP contribution in [0.5, 0.6) is 0 Å². The Labute approximate surface area is 93.5 Å². The Balaban J connectivity index is 2.50. The Morgan fingerprint density at radius 2 is 2.19 bits per heavy atom. The highest BCUT2D eigenvalue weighted by Crippen LogP contribution is 2.26. The van der Waals surface area contributed by atoms with Gasteiger partial charge in [0.05, 0.1) is 10.6 Å². The highest BCUT2D eigenvalue weighted by atomic mass is 35.5. The summed E-state index contributed by atoms with van der Waals surface area (Å²) in [6.45, 7) is 0. The molecule has 5 nitrogen and oxygen atoms in total. The number of rotatable bonds is 2. The summed E-state index contributed by atoms with van der Waals surface area (Å²) >= 11 is 5.55. The molecule has 0 amide bonds. The molecule has 0 aliphatic heterocycles. The quantitative estimate of drug-likeness (QED) is 0.874. The topological polar surface area (TPSA) is 76.2 Å². The van der Waals surface area contributed by atoms with Gasteiger partial charge in [-0.25, -0.2) is 9.18 Å². The second-order valence-corrected chi connectivity index (χ2v) is 3.23. The minimum absolute atomic E-state index is 0.0347. The van der Waals surface area contributed by atoms with Crippen molar-refractivity contribution in [1.82, 2.24) is 10.2 Å². The summed E-state index contributed by atoms with van der Waals surface area (Å²) in [7, 11) is 0. The Morgan fingerprint density at radius 3 is 2.81 bits per heavy atom. The second kappa shape index (κ2) is 3.90. The first-order valence-corrected chi connectivity index (χ1v) is 4.48. The smallest absolute Gasteiger partial charge is 0.393 e. The van der Waals surface area contributed by atoms with Gasteiger partial charge < -0.3 is 9.52 Å². The number of carbonyl (C=O) groups is 1. The minimum atomic E-state index is -1.37. The summed E-state index contributed by atoms with van der Waals surface area (Å²) in [6.07, 6.45) is 0. The molecule has 1 aromatic heterocycles. The fraction of sp³-hybridized carbons (Fsp3) is 0. The van der Waals surface area contributed by atoms with Gasteiger partial charge in [-0.05, 0) is 12.1 Å². The van der Waals surface area contributed by atoms with Crippen molar-refractivity contribution in [3.8, 4) is 11.5 Å². The predicted octanol–water partition coefficient (Wildman–Crippen LogP) is 2.23. The molecule has 0 saturated carbocycles. The lowest BCUT2D eigenvalue weighted by atomic mass is 10.2. The van der Waals surface area contributed by atoms with E-state index in [1.165, 1.54) is 18.2 Å². The third kappa shape index (κ3) is 1.74. The van der Waals surface area contributed by atoms with Crippen molar-refractivity contribution in [1.29, 1.82) is 0 Å². The van der Waals surface area contributed by atoms with E-state index in [0.29, 0.717) is 0 Å². The van der Waals surface area contributed by atoms with Crippen LogP contribution in [0.15, 0.2) is 22.6 Å². The Kier molecular flexibility index (Phi) is 2.57. The lowest BCUT2D eigenvalue weighted by Gasteiger charge is -1.98. The van der Waals surface area contributed by atoms with Crippen molar-refractivity contribution in [2.75, 3.05) is 0 Å². The third-order valence-corrected chi connectivity index (χ3v) is 2.08. The zero-order chi connectivity index (χ0) is 11.7. The first-order chi connectivity index (χ1) is 7.59. The van der Waals surface area contributed by atoms with E-state index in [9.17, 15) is 9.18 Å². The summed E-state index contributed by atoms with van der Waals surface area (Å²) < 4.78 is 18.2. The van der Waals surface area contributed by atoms with E-state index in [0.717, 1.165) is 0 Å². The van der Waals surface area contributed by atoms with Crippen LogP contribution in [0.4, 0.5) is 4.39 Å². The summed E-state index contributed by atoms with van der Waals surface area (Å²) in [5, 5.41) is 15.1. The molecule has 1 heterocycles. The molecule has 0 radical (unpaired) electrons. The molecule has 2 aromatic rings. The van der Waals surface area contributed by atoms with Crippen molar-refractivity contribution in [2.24, 2.45) is 0 Å². The normalized spacial score (nSPS) is 10.4. The summed E-state index contributed by atoms with van der Waals surface area (Å²) in [6, 6.07) is 4.21. The van der Waals surface area contributed by atoms with Gasteiger partial charge in [-0.15, -0.1) is 10.2 Å². The van der Waals surface area contributed by atoms with E-state index in [-0.39, 0.29) is 16.5 Å². The van der Waals surface area contributed by atoms with Gasteiger partial charge in [-0.1, -0.05) is 17.7 Å². The number of halogens is 2. The van der Waals surface area contributed by atoms with Crippen molar-refractivity contribution in [2.45, 2.75) is 0 Å². The maximum atomic E-state index is 13.5. The Bertz CT molecular complexity index is 555. The average molecular weight is 243 g/mol. The minimum Gasteiger partial charge on any atom is -0.474 e. The van der Waals surface area contributed by atoms with Crippen LogP contribution in [0, 0.1) is 5.82 Å². The van der Waals surface area contributed by atoms with Gasteiger partial charge in [0.15, 0.2) is 5.82 Å². The molecule has 0 bridgehead atoms. The van der Waals surface area contributed by atoms with Crippen LogP contribution in [0.25, 0.3) is 11.5 Å². The monoisotopic (exact) mass is 242 g/mol. The molecule has 0 spiro atoms. The van der Waals surface area contributed by atoms with Crippen molar-refractivity contribution >= 4 is 17.6 Å². The van der Waals surface area contributed by atoms with E-state index in [1.807, 2.05) is 0 Å². The van der Waals surface area contributed by atoms with Gasteiger partial charge in [-0.3, -0.25) is 0 Å². The zero-order valence-corrected chi connectivity index (χ0v) is 8.40. The van der Waals surface area contributed by atoms with Gasteiger partial charge in [0.2, 0.25) is 0 Å². The van der Waals surface area contributed by atoms with Gasteiger partial charge in [0, 0.05) is 0 Å². The number of hydrogen-bond donors (Lipinski definition) is 1. The Hall–Kier alpha value is -1.95. The lowest BCUT2D eigenvalue weighted by Crippen LogP contribution is -1.95. The van der Waals surface area contributed by atoms with Crippen LogP contribution in [0.1, 0.15) is 10.7 Å². The Morgan fingerprint density at radius 1 is 1.44 bits per heavy atom. The fourth-order valence-corrected chi connectivity index (χ4v) is 1.26. The number of benzene rings is 1. The van der Waals surface area contributed by atoms with E-state index < -0.39 is 17.7 Å². The molecular formula is C9H4ClFN2O3. The fourth-order valence-electron chi connectivity index (χ4n) is 1.09. The molecular weight excluding hydrogens is 239 g/mol. The van der Waals surface area contributed by atoms with Gasteiger partial charge >= 0.3 is 11.9 Å². The van der Waals surface area contributed by atoms with Crippen molar-refractivity contribution in [3.63, 3.8) is 0 Å². The standard InChI is InChI=1S/C9H4ClFN2O3/c10-5-3-1-2-4(6(5)11)7-12-13-8(16-7)9(14)15/h1-3H,(H,14,15). The van der Waals surface area contributed by atoms with E-state index in [1.54, 1.807) is 0 Å². The molecule has 0 aliphatic carbocycles. The zero-order valence-electron chi connectivity index (χ0n) is 7.65. The molecule has 0 saturated heterocycles. The molecule has 16 heavy (non-hydrogen) atoms. The van der Waals surface area contributed by atoms with E-state index in [4.69, 9.17) is 21.1 Å². The number of carboxylic acids is 1. The summed E-state index contributed by atoms with van der Waals surface area (Å²) in [5.74, 6) is -2.93. The number of nitrogens with zero attached hydrogens (tertiary/aromatic N) is 2. The van der Waals surface area contributed by atoms with Crippen LogP contribution in [-0.4, -0.2) is 21.3 Å². The molecule has 0 atom stereocenters. The number of aromatic nitrogens is 2. The molecule has 2 rings (SSSR count). The highest BCUT2D eigenvalue weighted by molar-refractivity contribution is 6.31. The number of aromatic carboxylic acids is 1. The van der Waals surface area contributed by atoms with Crippen molar-refractivity contribution < 1.29 is 18.7 Å². The molecule has 82 valence electrons. The molecule has 7 heteroatoms. The predicted molar refractivity (Wildman–Crippen MR) is 51.7 cm³/mol. The molecule has 0 unspecified atom stereocenters. The SMILES string of the molecule is O=C(O)c1nnc(-c2cccc(Cl)c2F)o1. The van der Waals surface area contributed by atoms with Gasteiger partial charge in [0.25, 0.3) is 5.89 Å². The van der Waals surface area contributed by atoms with Gasteiger partial charge in [0.1, 0.15) is 0 Å². The van der Waals surface area contributed by atoms with Crippen LogP contribution in [-0.2, 0) is 0 Å².